The Morgan fingerprint density at radius 1 is 1.10 bits per heavy atom. The van der Waals surface area contributed by atoms with Crippen LogP contribution in [0.25, 0.3) is 11.4 Å². The molecule has 0 aliphatic rings. The highest BCUT2D eigenvalue weighted by molar-refractivity contribution is 5.75. The molecular formula is C22H27N5O2. The monoisotopic (exact) mass is 393 g/mol. The molecule has 3 rings (SSSR count). The van der Waals surface area contributed by atoms with Crippen LogP contribution in [0.1, 0.15) is 37.8 Å². The molecule has 0 bridgehead atoms. The number of benzene rings is 2. The average Bonchev–Trinajstić information content (AvgIpc) is 3.18. The molecule has 0 saturated carbocycles. The van der Waals surface area contributed by atoms with Gasteiger partial charge in [-0.05, 0) is 41.3 Å². The minimum atomic E-state index is -0.0852. The number of rotatable bonds is 8. The van der Waals surface area contributed by atoms with Crippen LogP contribution in [0.5, 0.6) is 5.75 Å². The Hall–Kier alpha value is -3.22. The second-order valence-corrected chi connectivity index (χ2v) is 7.25. The molecule has 0 radical (unpaired) electrons. The SMILES string of the molecule is CCOc1ccc(CN(C)C(=O)Cn2nnc(-c3ccc(C(C)C)cc3)n2)cc1. The lowest BCUT2D eigenvalue weighted by molar-refractivity contribution is -0.131. The first-order chi connectivity index (χ1) is 14.0. The summed E-state index contributed by atoms with van der Waals surface area (Å²) in [5, 5.41) is 12.5. The van der Waals surface area contributed by atoms with E-state index in [-0.39, 0.29) is 12.5 Å². The second kappa shape index (κ2) is 9.32. The van der Waals surface area contributed by atoms with Crippen molar-refractivity contribution in [3.05, 3.63) is 59.7 Å². The van der Waals surface area contributed by atoms with E-state index in [2.05, 4.69) is 41.4 Å². The van der Waals surface area contributed by atoms with E-state index in [0.29, 0.717) is 24.9 Å². The van der Waals surface area contributed by atoms with Crippen molar-refractivity contribution < 1.29 is 9.53 Å². The third-order valence-electron chi connectivity index (χ3n) is 4.64. The van der Waals surface area contributed by atoms with Gasteiger partial charge >= 0.3 is 0 Å². The zero-order valence-electron chi connectivity index (χ0n) is 17.4. The standard InChI is InChI=1S/C22H27N5O2/c1-5-29-20-12-6-17(7-13-20)14-26(4)21(28)15-27-24-22(23-25-27)19-10-8-18(9-11-19)16(2)3/h6-13,16H,5,14-15H2,1-4H3. The van der Waals surface area contributed by atoms with Crippen molar-refractivity contribution in [3.8, 4) is 17.1 Å². The van der Waals surface area contributed by atoms with Crippen LogP contribution in [0.3, 0.4) is 0 Å². The Bertz CT molecular complexity index is 933. The number of aromatic nitrogens is 4. The van der Waals surface area contributed by atoms with Crippen molar-refractivity contribution in [3.63, 3.8) is 0 Å². The van der Waals surface area contributed by atoms with Crippen molar-refractivity contribution in [2.45, 2.75) is 39.8 Å². The predicted octanol–water partition coefficient (Wildman–Crippen LogP) is 3.52. The summed E-state index contributed by atoms with van der Waals surface area (Å²) in [4.78, 5) is 15.5. The fraction of sp³-hybridized carbons (Fsp3) is 0.364. The molecule has 152 valence electrons. The van der Waals surface area contributed by atoms with E-state index < -0.39 is 0 Å². The molecular weight excluding hydrogens is 366 g/mol. The second-order valence-electron chi connectivity index (χ2n) is 7.25. The molecule has 0 aliphatic heterocycles. The molecule has 0 fully saturated rings. The van der Waals surface area contributed by atoms with Crippen molar-refractivity contribution in [1.29, 1.82) is 0 Å². The molecule has 0 aliphatic carbocycles. The summed E-state index contributed by atoms with van der Waals surface area (Å²) in [7, 11) is 1.77. The van der Waals surface area contributed by atoms with Gasteiger partial charge in [0.15, 0.2) is 0 Å². The zero-order valence-corrected chi connectivity index (χ0v) is 17.4. The lowest BCUT2D eigenvalue weighted by atomic mass is 10.0. The van der Waals surface area contributed by atoms with Crippen molar-refractivity contribution in [2.75, 3.05) is 13.7 Å². The van der Waals surface area contributed by atoms with E-state index in [4.69, 9.17) is 4.74 Å². The summed E-state index contributed by atoms with van der Waals surface area (Å²) in [5.74, 6) is 1.72. The highest BCUT2D eigenvalue weighted by atomic mass is 16.5. The first-order valence-corrected chi connectivity index (χ1v) is 9.80. The van der Waals surface area contributed by atoms with Gasteiger partial charge in [-0.2, -0.15) is 4.80 Å². The smallest absolute Gasteiger partial charge is 0.246 e. The summed E-state index contributed by atoms with van der Waals surface area (Å²) in [6.07, 6.45) is 0. The first-order valence-electron chi connectivity index (χ1n) is 9.80. The maximum absolute atomic E-state index is 12.5. The molecule has 0 atom stereocenters. The van der Waals surface area contributed by atoms with E-state index >= 15 is 0 Å². The van der Waals surface area contributed by atoms with Crippen LogP contribution in [0.15, 0.2) is 48.5 Å². The van der Waals surface area contributed by atoms with E-state index in [1.165, 1.54) is 10.4 Å². The third-order valence-corrected chi connectivity index (χ3v) is 4.64. The van der Waals surface area contributed by atoms with Gasteiger partial charge in [0.1, 0.15) is 12.3 Å². The number of amides is 1. The van der Waals surface area contributed by atoms with Gasteiger partial charge in [-0.3, -0.25) is 4.79 Å². The van der Waals surface area contributed by atoms with Gasteiger partial charge in [0.25, 0.3) is 0 Å². The van der Waals surface area contributed by atoms with E-state index in [0.717, 1.165) is 16.9 Å². The largest absolute Gasteiger partial charge is 0.494 e. The van der Waals surface area contributed by atoms with E-state index in [1.807, 2.05) is 43.3 Å². The molecule has 3 aromatic rings. The summed E-state index contributed by atoms with van der Waals surface area (Å²) in [6, 6.07) is 15.8. The zero-order chi connectivity index (χ0) is 20.8. The number of hydrogen-bond donors (Lipinski definition) is 0. The fourth-order valence-corrected chi connectivity index (χ4v) is 2.90. The van der Waals surface area contributed by atoms with Crippen molar-refractivity contribution in [1.82, 2.24) is 25.1 Å². The third kappa shape index (κ3) is 5.40. The maximum atomic E-state index is 12.5. The van der Waals surface area contributed by atoms with Crippen LogP contribution in [-0.4, -0.2) is 44.7 Å². The Balaban J connectivity index is 1.59. The molecule has 0 spiro atoms. The van der Waals surface area contributed by atoms with E-state index in [1.54, 1.807) is 11.9 Å². The molecule has 0 saturated heterocycles. The number of hydrogen-bond acceptors (Lipinski definition) is 5. The predicted molar refractivity (Wildman–Crippen MR) is 111 cm³/mol. The van der Waals surface area contributed by atoms with Gasteiger partial charge in [-0.15, -0.1) is 10.2 Å². The first kappa shape index (κ1) is 20.5. The van der Waals surface area contributed by atoms with Crippen LogP contribution < -0.4 is 4.74 Å². The fourth-order valence-electron chi connectivity index (χ4n) is 2.90. The van der Waals surface area contributed by atoms with Crippen LogP contribution in [-0.2, 0) is 17.9 Å². The number of carbonyl (C=O) groups is 1. The lowest BCUT2D eigenvalue weighted by Crippen LogP contribution is -2.30. The van der Waals surface area contributed by atoms with Crippen molar-refractivity contribution in [2.24, 2.45) is 0 Å². The van der Waals surface area contributed by atoms with Gasteiger partial charge in [0, 0.05) is 19.2 Å². The average molecular weight is 393 g/mol. The summed E-state index contributed by atoms with van der Waals surface area (Å²) >= 11 is 0. The molecule has 7 nitrogen and oxygen atoms in total. The molecule has 1 amide bonds. The Kier molecular flexibility index (Phi) is 6.59. The Morgan fingerprint density at radius 3 is 2.41 bits per heavy atom. The molecule has 2 aromatic carbocycles. The van der Waals surface area contributed by atoms with Crippen LogP contribution >= 0.6 is 0 Å². The molecule has 0 N–H and O–H groups in total. The lowest BCUT2D eigenvalue weighted by Gasteiger charge is -2.17. The topological polar surface area (TPSA) is 73.1 Å². The maximum Gasteiger partial charge on any atom is 0.246 e. The van der Waals surface area contributed by atoms with Gasteiger partial charge in [0.05, 0.1) is 6.61 Å². The van der Waals surface area contributed by atoms with Gasteiger partial charge in [-0.1, -0.05) is 50.2 Å². The summed E-state index contributed by atoms with van der Waals surface area (Å²) < 4.78 is 5.44. The number of likely N-dealkylation sites (N-methyl/N-ethyl adjacent to an activating group) is 1. The van der Waals surface area contributed by atoms with Crippen molar-refractivity contribution >= 4 is 5.91 Å². The quantitative estimate of drug-likeness (QED) is 0.585. The Labute approximate surface area is 171 Å². The van der Waals surface area contributed by atoms with Gasteiger partial charge in [-0.25, -0.2) is 0 Å². The van der Waals surface area contributed by atoms with E-state index in [9.17, 15) is 4.79 Å². The molecule has 0 unspecified atom stereocenters. The van der Waals surface area contributed by atoms with Gasteiger partial charge < -0.3 is 9.64 Å². The Morgan fingerprint density at radius 2 is 1.79 bits per heavy atom. The molecule has 1 heterocycles. The molecule has 29 heavy (non-hydrogen) atoms. The van der Waals surface area contributed by atoms with Gasteiger partial charge in [0.2, 0.25) is 11.7 Å². The number of tetrazole rings is 1. The minimum absolute atomic E-state index is 0.0462. The highest BCUT2D eigenvalue weighted by Crippen LogP contribution is 2.19. The number of nitrogens with zero attached hydrogens (tertiary/aromatic N) is 5. The molecule has 1 aromatic heterocycles. The number of ether oxygens (including phenoxy) is 1. The number of carbonyl (C=O) groups excluding carboxylic acids is 1. The normalized spacial score (nSPS) is 10.9. The van der Waals surface area contributed by atoms with Crippen LogP contribution in [0.2, 0.25) is 0 Å². The summed E-state index contributed by atoms with van der Waals surface area (Å²) in [6.45, 7) is 7.43. The minimum Gasteiger partial charge on any atom is -0.494 e. The molecule has 7 heteroatoms. The van der Waals surface area contributed by atoms with Crippen LogP contribution in [0.4, 0.5) is 0 Å². The summed E-state index contributed by atoms with van der Waals surface area (Å²) in [5.41, 5.74) is 3.17. The van der Waals surface area contributed by atoms with Crippen LogP contribution in [0, 0.1) is 0 Å². The highest BCUT2D eigenvalue weighted by Gasteiger charge is 2.14.